The fourth-order valence-corrected chi connectivity index (χ4v) is 2.59. The summed E-state index contributed by atoms with van der Waals surface area (Å²) in [6, 6.07) is 10.5. The van der Waals surface area contributed by atoms with Gasteiger partial charge in [0, 0.05) is 19.8 Å². The van der Waals surface area contributed by atoms with Crippen LogP contribution in [0.3, 0.4) is 0 Å². The number of nitrogens with zero attached hydrogens (tertiary/aromatic N) is 4. The summed E-state index contributed by atoms with van der Waals surface area (Å²) in [4.78, 5) is 4.45. The molecule has 5 nitrogen and oxygen atoms in total. The third-order valence-electron chi connectivity index (χ3n) is 3.57. The molecule has 0 radical (unpaired) electrons. The van der Waals surface area contributed by atoms with Crippen molar-refractivity contribution in [1.82, 2.24) is 24.6 Å². The lowest BCUT2D eigenvalue weighted by Crippen LogP contribution is -2.27. The van der Waals surface area contributed by atoms with Gasteiger partial charge in [0.2, 0.25) is 0 Å². The number of benzene rings is 1. The molecule has 1 atom stereocenters. The van der Waals surface area contributed by atoms with Crippen molar-refractivity contribution >= 4 is 11.0 Å². The fraction of sp³-hybridized carbons (Fsp3) is 0.333. The number of para-hydroxylation sites is 2. The van der Waals surface area contributed by atoms with Crippen molar-refractivity contribution in [1.29, 1.82) is 0 Å². The number of aryl methyl sites for hydroxylation is 1. The number of likely N-dealkylation sites (N-methyl/N-ethyl adjacent to an activating group) is 1. The normalized spacial score (nSPS) is 12.9. The van der Waals surface area contributed by atoms with Crippen molar-refractivity contribution in [3.63, 3.8) is 0 Å². The molecule has 1 unspecified atom stereocenters. The highest BCUT2D eigenvalue weighted by Gasteiger charge is 2.15. The summed E-state index contributed by atoms with van der Waals surface area (Å²) in [7, 11) is 1.98. The van der Waals surface area contributed by atoms with Crippen LogP contribution in [0.25, 0.3) is 11.0 Å². The van der Waals surface area contributed by atoms with Crippen LogP contribution in [0.4, 0.5) is 0 Å². The Balaban J connectivity index is 1.92. The van der Waals surface area contributed by atoms with Crippen molar-refractivity contribution in [2.24, 2.45) is 7.05 Å². The number of nitrogens with one attached hydrogen (secondary N) is 1. The van der Waals surface area contributed by atoms with Crippen LogP contribution in [0.1, 0.15) is 18.7 Å². The van der Waals surface area contributed by atoms with E-state index in [1.54, 1.807) is 0 Å². The Bertz CT molecular complexity index is 697. The Morgan fingerprint density at radius 3 is 2.85 bits per heavy atom. The molecule has 0 amide bonds. The zero-order valence-electron chi connectivity index (χ0n) is 11.8. The highest BCUT2D eigenvalue weighted by atomic mass is 15.3. The largest absolute Gasteiger partial charge is 0.329 e. The standard InChI is InChI=1S/C15H19N5/c1-3-16-13(14-8-9-18-19(14)2)10-20-11-17-12-6-4-5-7-15(12)20/h4-9,11,13,16H,3,10H2,1-2H3. The lowest BCUT2D eigenvalue weighted by molar-refractivity contribution is 0.452. The Hall–Kier alpha value is -2.14. The molecule has 0 aliphatic heterocycles. The molecule has 3 aromatic rings. The Morgan fingerprint density at radius 1 is 1.25 bits per heavy atom. The summed E-state index contributed by atoms with van der Waals surface area (Å²) in [5.74, 6) is 0. The van der Waals surface area contributed by atoms with Gasteiger partial charge in [0.1, 0.15) is 0 Å². The second-order valence-corrected chi connectivity index (χ2v) is 4.88. The monoisotopic (exact) mass is 269 g/mol. The van der Waals surface area contributed by atoms with Crippen molar-refractivity contribution in [3.8, 4) is 0 Å². The zero-order chi connectivity index (χ0) is 13.9. The Morgan fingerprint density at radius 2 is 2.10 bits per heavy atom. The zero-order valence-corrected chi connectivity index (χ0v) is 11.8. The van der Waals surface area contributed by atoms with Crippen molar-refractivity contribution in [3.05, 3.63) is 48.5 Å². The molecular weight excluding hydrogens is 250 g/mol. The fourth-order valence-electron chi connectivity index (χ4n) is 2.59. The minimum atomic E-state index is 0.227. The minimum absolute atomic E-state index is 0.227. The van der Waals surface area contributed by atoms with E-state index >= 15 is 0 Å². The molecule has 0 fully saturated rings. The van der Waals surface area contributed by atoms with Crippen LogP contribution in [0, 0.1) is 0 Å². The number of hydrogen-bond acceptors (Lipinski definition) is 3. The van der Waals surface area contributed by atoms with Gasteiger partial charge in [0.25, 0.3) is 0 Å². The SMILES string of the molecule is CCNC(Cn1cnc2ccccc21)c1ccnn1C. The first-order valence-electron chi connectivity index (χ1n) is 6.90. The topological polar surface area (TPSA) is 47.7 Å². The third kappa shape index (κ3) is 2.32. The Labute approximate surface area is 118 Å². The molecule has 5 heteroatoms. The number of rotatable bonds is 5. The highest BCUT2D eigenvalue weighted by Crippen LogP contribution is 2.18. The molecule has 1 aromatic carbocycles. The van der Waals surface area contributed by atoms with Gasteiger partial charge in [-0.15, -0.1) is 0 Å². The van der Waals surface area contributed by atoms with E-state index in [1.807, 2.05) is 42.5 Å². The lowest BCUT2D eigenvalue weighted by atomic mass is 10.2. The summed E-state index contributed by atoms with van der Waals surface area (Å²) in [6.07, 6.45) is 3.75. The van der Waals surface area contributed by atoms with E-state index in [2.05, 4.69) is 39.0 Å². The first-order chi connectivity index (χ1) is 9.79. The number of imidazole rings is 1. The van der Waals surface area contributed by atoms with E-state index in [9.17, 15) is 0 Å². The van der Waals surface area contributed by atoms with Crippen molar-refractivity contribution < 1.29 is 0 Å². The summed E-state index contributed by atoms with van der Waals surface area (Å²) in [5, 5.41) is 7.78. The summed E-state index contributed by atoms with van der Waals surface area (Å²) >= 11 is 0. The number of aromatic nitrogens is 4. The van der Waals surface area contributed by atoms with Gasteiger partial charge in [-0.25, -0.2) is 4.98 Å². The van der Waals surface area contributed by atoms with Crippen molar-refractivity contribution in [2.45, 2.75) is 19.5 Å². The van der Waals surface area contributed by atoms with E-state index in [4.69, 9.17) is 0 Å². The number of fused-ring (bicyclic) bond motifs is 1. The minimum Gasteiger partial charge on any atom is -0.329 e. The van der Waals surface area contributed by atoms with Crippen LogP contribution in [-0.2, 0) is 13.6 Å². The van der Waals surface area contributed by atoms with Crippen LogP contribution >= 0.6 is 0 Å². The maximum atomic E-state index is 4.45. The van der Waals surface area contributed by atoms with Gasteiger partial charge in [-0.1, -0.05) is 19.1 Å². The van der Waals surface area contributed by atoms with E-state index in [1.165, 1.54) is 5.69 Å². The Kier molecular flexibility index (Phi) is 3.52. The van der Waals surface area contributed by atoms with Crippen LogP contribution < -0.4 is 5.32 Å². The first-order valence-corrected chi connectivity index (χ1v) is 6.90. The summed E-state index contributed by atoms with van der Waals surface area (Å²) in [6.45, 7) is 3.88. The van der Waals surface area contributed by atoms with E-state index in [0.717, 1.165) is 24.1 Å². The molecule has 0 aliphatic rings. The van der Waals surface area contributed by atoms with Crippen molar-refractivity contribution in [2.75, 3.05) is 6.54 Å². The smallest absolute Gasteiger partial charge is 0.0958 e. The molecule has 1 N–H and O–H groups in total. The maximum absolute atomic E-state index is 4.45. The molecule has 0 spiro atoms. The maximum Gasteiger partial charge on any atom is 0.0958 e. The lowest BCUT2D eigenvalue weighted by Gasteiger charge is -2.19. The van der Waals surface area contributed by atoms with Crippen LogP contribution in [0.2, 0.25) is 0 Å². The summed E-state index contributed by atoms with van der Waals surface area (Å²) < 4.78 is 4.11. The van der Waals surface area contributed by atoms with Gasteiger partial charge < -0.3 is 9.88 Å². The third-order valence-corrected chi connectivity index (χ3v) is 3.57. The molecule has 20 heavy (non-hydrogen) atoms. The van der Waals surface area contributed by atoms with Gasteiger partial charge in [0.15, 0.2) is 0 Å². The molecule has 3 rings (SSSR count). The molecule has 2 aromatic heterocycles. The van der Waals surface area contributed by atoms with E-state index < -0.39 is 0 Å². The second kappa shape index (κ2) is 5.46. The molecule has 0 aliphatic carbocycles. The molecular formula is C15H19N5. The molecule has 0 saturated heterocycles. The van der Waals surface area contributed by atoms with Gasteiger partial charge in [-0.2, -0.15) is 5.10 Å². The molecule has 0 saturated carbocycles. The molecule has 104 valence electrons. The van der Waals surface area contributed by atoms with E-state index in [0.29, 0.717) is 0 Å². The first kappa shape index (κ1) is 12.9. The highest BCUT2D eigenvalue weighted by molar-refractivity contribution is 5.74. The average Bonchev–Trinajstić information content (AvgIpc) is 3.05. The quantitative estimate of drug-likeness (QED) is 0.772. The second-order valence-electron chi connectivity index (χ2n) is 4.88. The molecule has 0 bridgehead atoms. The summed E-state index contributed by atoms with van der Waals surface area (Å²) in [5.41, 5.74) is 3.38. The van der Waals surface area contributed by atoms with Gasteiger partial charge >= 0.3 is 0 Å². The average molecular weight is 269 g/mol. The predicted octanol–water partition coefficient (Wildman–Crippen LogP) is 2.12. The van der Waals surface area contributed by atoms with E-state index in [-0.39, 0.29) is 6.04 Å². The van der Waals surface area contributed by atoms with Gasteiger partial charge in [-0.3, -0.25) is 4.68 Å². The number of hydrogen-bond donors (Lipinski definition) is 1. The van der Waals surface area contributed by atoms with Crippen LogP contribution in [0.5, 0.6) is 0 Å². The van der Waals surface area contributed by atoms with Crippen LogP contribution in [0.15, 0.2) is 42.9 Å². The predicted molar refractivity (Wildman–Crippen MR) is 79.4 cm³/mol. The molecule has 2 heterocycles. The van der Waals surface area contributed by atoms with Gasteiger partial charge in [0.05, 0.1) is 29.1 Å². The van der Waals surface area contributed by atoms with Gasteiger partial charge in [-0.05, 0) is 24.7 Å². The van der Waals surface area contributed by atoms with Crippen LogP contribution in [-0.4, -0.2) is 25.9 Å².